The lowest BCUT2D eigenvalue weighted by atomic mass is 10.1. The van der Waals surface area contributed by atoms with E-state index in [0.29, 0.717) is 11.3 Å². The molecular weight excluding hydrogens is 206 g/mol. The topological polar surface area (TPSA) is 57.6 Å². The van der Waals surface area contributed by atoms with Crippen LogP contribution in [0.2, 0.25) is 0 Å². The van der Waals surface area contributed by atoms with Gasteiger partial charge in [-0.1, -0.05) is 11.6 Å². The van der Waals surface area contributed by atoms with Crippen LogP contribution >= 0.6 is 0 Å². The molecule has 0 fully saturated rings. The van der Waals surface area contributed by atoms with E-state index in [1.165, 1.54) is 4.90 Å². The third kappa shape index (κ3) is 1.61. The van der Waals surface area contributed by atoms with Crippen molar-refractivity contribution in [2.24, 2.45) is 0 Å². The smallest absolute Gasteiger partial charge is 0.299 e. The number of anilines is 1. The molecule has 84 valence electrons. The largest absolute Gasteiger partial charge is 0.392 e. The van der Waals surface area contributed by atoms with E-state index >= 15 is 0 Å². The molecule has 4 heteroatoms. The van der Waals surface area contributed by atoms with Crippen molar-refractivity contribution in [3.05, 3.63) is 29.3 Å². The molecular formula is C12H13NO3. The average molecular weight is 219 g/mol. The van der Waals surface area contributed by atoms with Crippen LogP contribution < -0.4 is 4.90 Å². The van der Waals surface area contributed by atoms with Gasteiger partial charge in [0.2, 0.25) is 0 Å². The number of aliphatic hydroxyl groups is 1. The second kappa shape index (κ2) is 3.72. The van der Waals surface area contributed by atoms with Crippen molar-refractivity contribution in [2.75, 3.05) is 11.4 Å². The highest BCUT2D eigenvalue weighted by molar-refractivity contribution is 6.52. The van der Waals surface area contributed by atoms with E-state index in [-0.39, 0.29) is 6.54 Å². The predicted molar refractivity (Wildman–Crippen MR) is 59.5 cm³/mol. The molecule has 1 aliphatic rings. The van der Waals surface area contributed by atoms with Gasteiger partial charge in [-0.05, 0) is 26.0 Å². The maximum atomic E-state index is 11.7. The van der Waals surface area contributed by atoms with E-state index in [1.54, 1.807) is 19.1 Å². The number of β-amino-alcohol motifs (C(OH)–C–C–N with tert-alkyl or cyclic N) is 1. The second-order valence-corrected chi connectivity index (χ2v) is 4.11. The van der Waals surface area contributed by atoms with E-state index in [4.69, 9.17) is 0 Å². The summed E-state index contributed by atoms with van der Waals surface area (Å²) in [5, 5.41) is 9.29. The molecule has 1 amide bonds. The van der Waals surface area contributed by atoms with E-state index in [0.717, 1.165) is 5.56 Å². The summed E-state index contributed by atoms with van der Waals surface area (Å²) < 4.78 is 0. The van der Waals surface area contributed by atoms with Gasteiger partial charge in [0.05, 0.1) is 23.9 Å². The fraction of sp³-hybridized carbons (Fsp3) is 0.333. The van der Waals surface area contributed by atoms with Crippen LogP contribution in [0.15, 0.2) is 18.2 Å². The van der Waals surface area contributed by atoms with Crippen LogP contribution in [0.3, 0.4) is 0 Å². The molecule has 1 N–H and O–H groups in total. The van der Waals surface area contributed by atoms with E-state index < -0.39 is 17.8 Å². The van der Waals surface area contributed by atoms with Crippen molar-refractivity contribution in [2.45, 2.75) is 20.0 Å². The van der Waals surface area contributed by atoms with E-state index in [2.05, 4.69) is 0 Å². The third-order valence-electron chi connectivity index (χ3n) is 2.57. The molecule has 1 aromatic carbocycles. The van der Waals surface area contributed by atoms with Crippen molar-refractivity contribution in [3.63, 3.8) is 0 Å². The molecule has 0 aliphatic carbocycles. The summed E-state index contributed by atoms with van der Waals surface area (Å²) >= 11 is 0. The minimum Gasteiger partial charge on any atom is -0.392 e. The first-order chi connectivity index (χ1) is 7.50. The van der Waals surface area contributed by atoms with Gasteiger partial charge in [0.15, 0.2) is 0 Å². The summed E-state index contributed by atoms with van der Waals surface area (Å²) in [6.07, 6.45) is -0.649. The summed E-state index contributed by atoms with van der Waals surface area (Å²) in [4.78, 5) is 24.7. The number of aliphatic hydroxyl groups excluding tert-OH is 1. The molecule has 0 aromatic heterocycles. The zero-order valence-corrected chi connectivity index (χ0v) is 9.23. The molecule has 0 spiro atoms. The Bertz CT molecular complexity index is 465. The number of benzene rings is 1. The molecule has 16 heavy (non-hydrogen) atoms. The first kappa shape index (κ1) is 10.8. The summed E-state index contributed by atoms with van der Waals surface area (Å²) in [7, 11) is 0. The Morgan fingerprint density at radius 3 is 2.69 bits per heavy atom. The minimum absolute atomic E-state index is 0.153. The number of nitrogens with zero attached hydrogens (tertiary/aromatic N) is 1. The lowest BCUT2D eigenvalue weighted by molar-refractivity contribution is -0.114. The Hall–Kier alpha value is -1.68. The Kier molecular flexibility index (Phi) is 2.52. The SMILES string of the molecule is Cc1ccc2c(c1)C(=O)C(=O)N2CC(C)O. The van der Waals surface area contributed by atoms with E-state index in [1.807, 2.05) is 13.0 Å². The molecule has 0 saturated carbocycles. The lowest BCUT2D eigenvalue weighted by Gasteiger charge is -2.17. The van der Waals surface area contributed by atoms with Crippen molar-refractivity contribution in [1.82, 2.24) is 0 Å². The van der Waals surface area contributed by atoms with Gasteiger partial charge < -0.3 is 10.0 Å². The van der Waals surface area contributed by atoms with Gasteiger partial charge in [-0.25, -0.2) is 0 Å². The molecule has 1 atom stereocenters. The van der Waals surface area contributed by atoms with Gasteiger partial charge >= 0.3 is 0 Å². The van der Waals surface area contributed by atoms with Crippen LogP contribution in [0, 0.1) is 6.92 Å². The first-order valence-corrected chi connectivity index (χ1v) is 5.15. The van der Waals surface area contributed by atoms with Crippen LogP contribution in [-0.4, -0.2) is 29.4 Å². The number of carbonyl (C=O) groups excluding carboxylic acids is 2. The molecule has 2 rings (SSSR count). The summed E-state index contributed by atoms with van der Waals surface area (Å²) in [5.74, 6) is -1.04. The summed E-state index contributed by atoms with van der Waals surface area (Å²) in [6.45, 7) is 3.61. The number of Topliss-reactive ketones (excluding diaryl/α,β-unsaturated/α-hetero) is 1. The molecule has 1 heterocycles. The van der Waals surface area contributed by atoms with Gasteiger partial charge in [-0.15, -0.1) is 0 Å². The fourth-order valence-electron chi connectivity index (χ4n) is 1.86. The summed E-state index contributed by atoms with van der Waals surface area (Å²) in [5.41, 5.74) is 1.98. The number of fused-ring (bicyclic) bond motifs is 1. The highest BCUT2D eigenvalue weighted by atomic mass is 16.3. The van der Waals surface area contributed by atoms with Gasteiger partial charge in [0, 0.05) is 0 Å². The van der Waals surface area contributed by atoms with Crippen LogP contribution in [0.1, 0.15) is 22.8 Å². The van der Waals surface area contributed by atoms with Gasteiger partial charge in [0.25, 0.3) is 11.7 Å². The summed E-state index contributed by atoms with van der Waals surface area (Å²) in [6, 6.07) is 5.30. The molecule has 1 aromatic rings. The molecule has 4 nitrogen and oxygen atoms in total. The Labute approximate surface area is 93.5 Å². The lowest BCUT2D eigenvalue weighted by Crippen LogP contribution is -2.35. The monoisotopic (exact) mass is 219 g/mol. The first-order valence-electron chi connectivity index (χ1n) is 5.15. The van der Waals surface area contributed by atoms with Crippen LogP contribution in [0.5, 0.6) is 0 Å². The number of carbonyl (C=O) groups is 2. The van der Waals surface area contributed by atoms with Crippen LogP contribution in [0.25, 0.3) is 0 Å². The van der Waals surface area contributed by atoms with Gasteiger partial charge in [-0.3, -0.25) is 9.59 Å². The molecule has 0 bridgehead atoms. The van der Waals surface area contributed by atoms with E-state index in [9.17, 15) is 14.7 Å². The van der Waals surface area contributed by atoms with Crippen molar-refractivity contribution in [3.8, 4) is 0 Å². The van der Waals surface area contributed by atoms with Crippen molar-refractivity contribution < 1.29 is 14.7 Å². The van der Waals surface area contributed by atoms with Gasteiger partial charge in [0.1, 0.15) is 0 Å². The highest BCUT2D eigenvalue weighted by Crippen LogP contribution is 2.29. The minimum atomic E-state index is -0.649. The van der Waals surface area contributed by atoms with Crippen LogP contribution in [-0.2, 0) is 4.79 Å². The normalized spacial score (nSPS) is 16.6. The number of aryl methyl sites for hydroxylation is 1. The molecule has 1 unspecified atom stereocenters. The maximum Gasteiger partial charge on any atom is 0.299 e. The molecule has 0 saturated heterocycles. The number of hydrogen-bond donors (Lipinski definition) is 1. The zero-order chi connectivity index (χ0) is 11.9. The van der Waals surface area contributed by atoms with Crippen LogP contribution in [0.4, 0.5) is 5.69 Å². The molecule has 1 aliphatic heterocycles. The van der Waals surface area contributed by atoms with Crippen molar-refractivity contribution >= 4 is 17.4 Å². The Balaban J connectivity index is 2.46. The zero-order valence-electron chi connectivity index (χ0n) is 9.23. The third-order valence-corrected chi connectivity index (χ3v) is 2.57. The Morgan fingerprint density at radius 2 is 2.06 bits per heavy atom. The number of rotatable bonds is 2. The Morgan fingerprint density at radius 1 is 1.38 bits per heavy atom. The number of amides is 1. The quantitative estimate of drug-likeness (QED) is 0.752. The second-order valence-electron chi connectivity index (χ2n) is 4.11. The average Bonchev–Trinajstić information content (AvgIpc) is 2.43. The number of hydrogen-bond acceptors (Lipinski definition) is 3. The standard InChI is InChI=1S/C12H13NO3/c1-7-3-4-10-9(5-7)11(15)12(16)13(10)6-8(2)14/h3-5,8,14H,6H2,1-2H3. The molecule has 0 radical (unpaired) electrons. The predicted octanol–water partition coefficient (Wildman–Crippen LogP) is 0.905. The van der Waals surface area contributed by atoms with Gasteiger partial charge in [-0.2, -0.15) is 0 Å². The van der Waals surface area contributed by atoms with Crippen molar-refractivity contribution in [1.29, 1.82) is 0 Å². The highest BCUT2D eigenvalue weighted by Gasteiger charge is 2.35. The maximum absolute atomic E-state index is 11.7. The number of ketones is 1. The fourth-order valence-corrected chi connectivity index (χ4v) is 1.86.